The van der Waals surface area contributed by atoms with E-state index in [1.807, 2.05) is 0 Å². The Bertz CT molecular complexity index is 762. The summed E-state index contributed by atoms with van der Waals surface area (Å²) >= 11 is 0. The van der Waals surface area contributed by atoms with Gasteiger partial charge in [-0.2, -0.15) is 0 Å². The van der Waals surface area contributed by atoms with E-state index in [1.54, 1.807) is 0 Å². The second-order valence-electron chi connectivity index (χ2n) is 4.57. The number of benzene rings is 1. The monoisotopic (exact) mass is 275 g/mol. The van der Waals surface area contributed by atoms with E-state index < -0.39 is 35.7 Å². The zero-order valence-corrected chi connectivity index (χ0v) is 10.2. The second-order valence-corrected chi connectivity index (χ2v) is 4.57. The van der Waals surface area contributed by atoms with E-state index in [9.17, 15) is 19.2 Å². The van der Waals surface area contributed by atoms with Crippen molar-refractivity contribution in [3.05, 3.63) is 29.3 Å². The molecule has 0 radical (unpaired) electrons. The van der Waals surface area contributed by atoms with E-state index in [-0.39, 0.29) is 35.7 Å². The zero-order valence-electron chi connectivity index (χ0n) is 12.2. The van der Waals surface area contributed by atoms with Crippen LogP contribution in [-0.4, -0.2) is 34.6 Å². The Labute approximate surface area is 116 Å². The number of hydrogen-bond donors (Lipinski definition) is 2. The number of piperidine rings is 1. The van der Waals surface area contributed by atoms with Crippen LogP contribution < -0.4 is 11.1 Å². The van der Waals surface area contributed by atoms with Gasteiger partial charge in [0.2, 0.25) is 11.8 Å². The largest absolute Gasteiger partial charge is 0.398 e. The van der Waals surface area contributed by atoms with Crippen LogP contribution in [0.2, 0.25) is 0 Å². The van der Waals surface area contributed by atoms with Gasteiger partial charge in [0, 0.05) is 12.1 Å². The van der Waals surface area contributed by atoms with Crippen molar-refractivity contribution in [2.75, 3.05) is 5.73 Å². The molecule has 3 N–H and O–H groups in total. The summed E-state index contributed by atoms with van der Waals surface area (Å²) in [4.78, 5) is 48.6. The first-order chi connectivity index (χ1) is 10.3. The Morgan fingerprint density at radius 2 is 2.05 bits per heavy atom. The van der Waals surface area contributed by atoms with Crippen LogP contribution in [0.4, 0.5) is 5.69 Å². The maximum absolute atomic E-state index is 12.4. The first-order valence-corrected chi connectivity index (χ1v) is 5.94. The molecule has 1 aromatic rings. The van der Waals surface area contributed by atoms with E-state index in [0.29, 0.717) is 0 Å². The normalized spacial score (nSPS) is 23.4. The maximum atomic E-state index is 12.4. The molecule has 2 aliphatic heterocycles. The van der Waals surface area contributed by atoms with Crippen LogP contribution in [0, 0.1) is 0 Å². The van der Waals surface area contributed by atoms with Gasteiger partial charge in [-0.25, -0.2) is 0 Å². The van der Waals surface area contributed by atoms with E-state index in [0.717, 1.165) is 11.0 Å². The van der Waals surface area contributed by atoms with Crippen LogP contribution in [0.5, 0.6) is 0 Å². The standard InChI is InChI=1S/C13H11N3O4/c14-7-3-1-2-6-10(7)13(20)16(12(6)19)8-4-5-9(17)15-11(8)18/h1-3,8H,4-5,14H2,(H,15,17,18)/i1D,2D. The molecule has 2 heterocycles. The lowest BCUT2D eigenvalue weighted by molar-refractivity contribution is -0.136. The fraction of sp³-hybridized carbons (Fsp3) is 0.231. The fourth-order valence-electron chi connectivity index (χ4n) is 2.40. The van der Waals surface area contributed by atoms with Crippen molar-refractivity contribution in [2.24, 2.45) is 0 Å². The molecule has 7 nitrogen and oxygen atoms in total. The van der Waals surface area contributed by atoms with Gasteiger partial charge in [0.15, 0.2) is 0 Å². The highest BCUT2D eigenvalue weighted by Gasteiger charge is 2.45. The van der Waals surface area contributed by atoms with E-state index in [4.69, 9.17) is 8.48 Å². The lowest BCUT2D eigenvalue weighted by Crippen LogP contribution is -2.54. The number of amides is 4. The van der Waals surface area contributed by atoms with Gasteiger partial charge in [-0.05, 0) is 18.5 Å². The summed E-state index contributed by atoms with van der Waals surface area (Å²) in [6.07, 6.45) is 0.0355. The predicted octanol–water partition coefficient (Wildman–Crippen LogP) is -0.330. The molecule has 1 atom stereocenters. The quantitative estimate of drug-likeness (QED) is 0.538. The SMILES string of the molecule is [2H]c1cc(N)c2c(c1[2H])C(=O)N(C1CCC(=O)NC1=O)C2=O. The number of carbonyl (C=O) groups excluding carboxylic acids is 4. The van der Waals surface area contributed by atoms with Gasteiger partial charge in [0.1, 0.15) is 6.04 Å². The molecule has 0 aliphatic carbocycles. The van der Waals surface area contributed by atoms with E-state index in [1.165, 1.54) is 0 Å². The number of nitrogens with zero attached hydrogens (tertiary/aromatic N) is 1. The summed E-state index contributed by atoms with van der Waals surface area (Å²) in [5.41, 5.74) is 5.18. The molecule has 7 heteroatoms. The third kappa shape index (κ3) is 1.59. The van der Waals surface area contributed by atoms with Crippen LogP contribution in [-0.2, 0) is 9.59 Å². The van der Waals surface area contributed by atoms with Crippen molar-refractivity contribution < 1.29 is 21.9 Å². The minimum Gasteiger partial charge on any atom is -0.398 e. The average molecular weight is 275 g/mol. The highest BCUT2D eigenvalue weighted by atomic mass is 16.2. The molecular formula is C13H11N3O4. The molecule has 102 valence electrons. The lowest BCUT2D eigenvalue weighted by atomic mass is 10.0. The molecule has 4 amide bonds. The molecule has 1 aromatic carbocycles. The molecule has 0 spiro atoms. The number of hydrogen-bond acceptors (Lipinski definition) is 5. The fourth-order valence-corrected chi connectivity index (χ4v) is 2.40. The summed E-state index contributed by atoms with van der Waals surface area (Å²) < 4.78 is 15.4. The predicted molar refractivity (Wildman–Crippen MR) is 67.5 cm³/mol. The smallest absolute Gasteiger partial charge is 0.264 e. The van der Waals surface area contributed by atoms with Crippen LogP contribution in [0.15, 0.2) is 18.2 Å². The summed E-state index contributed by atoms with van der Waals surface area (Å²) in [7, 11) is 0. The third-order valence-electron chi connectivity index (χ3n) is 3.35. The van der Waals surface area contributed by atoms with Gasteiger partial charge < -0.3 is 5.73 Å². The summed E-state index contributed by atoms with van der Waals surface area (Å²) in [5.74, 6) is -2.81. The Balaban J connectivity index is 2.08. The first kappa shape index (κ1) is 10.1. The maximum Gasteiger partial charge on any atom is 0.264 e. The number of fused-ring (bicyclic) bond motifs is 1. The molecule has 0 bridgehead atoms. The van der Waals surface area contributed by atoms with Crippen molar-refractivity contribution in [2.45, 2.75) is 18.9 Å². The summed E-state index contributed by atoms with van der Waals surface area (Å²) in [6.45, 7) is 0. The summed E-state index contributed by atoms with van der Waals surface area (Å²) in [5, 5.41) is 2.08. The third-order valence-corrected chi connectivity index (χ3v) is 3.35. The van der Waals surface area contributed by atoms with E-state index in [2.05, 4.69) is 5.32 Å². The molecule has 3 rings (SSSR count). The molecule has 1 fully saturated rings. The van der Waals surface area contributed by atoms with Crippen LogP contribution in [0.3, 0.4) is 0 Å². The Kier molecular flexibility index (Phi) is 2.11. The zero-order chi connectivity index (χ0) is 16.2. The minimum atomic E-state index is -1.11. The van der Waals surface area contributed by atoms with Gasteiger partial charge in [-0.15, -0.1) is 0 Å². The molecular weight excluding hydrogens is 262 g/mol. The number of imide groups is 2. The Morgan fingerprint density at radius 1 is 1.30 bits per heavy atom. The van der Waals surface area contributed by atoms with Gasteiger partial charge in [-0.3, -0.25) is 29.4 Å². The number of rotatable bonds is 1. The van der Waals surface area contributed by atoms with Crippen molar-refractivity contribution >= 4 is 29.3 Å². The number of carbonyl (C=O) groups is 4. The first-order valence-electron chi connectivity index (χ1n) is 6.94. The van der Waals surface area contributed by atoms with Crippen molar-refractivity contribution in [1.29, 1.82) is 0 Å². The molecule has 0 aromatic heterocycles. The lowest BCUT2D eigenvalue weighted by Gasteiger charge is -2.27. The number of nitrogen functional groups attached to an aromatic ring is 1. The Morgan fingerprint density at radius 3 is 2.75 bits per heavy atom. The van der Waals surface area contributed by atoms with Crippen molar-refractivity contribution in [1.82, 2.24) is 10.2 Å². The highest BCUT2D eigenvalue weighted by molar-refractivity contribution is 6.25. The van der Waals surface area contributed by atoms with Gasteiger partial charge in [-0.1, -0.05) is 6.04 Å². The van der Waals surface area contributed by atoms with Crippen LogP contribution in [0.1, 0.15) is 36.3 Å². The highest BCUT2D eigenvalue weighted by Crippen LogP contribution is 2.30. The topological polar surface area (TPSA) is 110 Å². The minimum absolute atomic E-state index is 0.0106. The Hall–Kier alpha value is -2.70. The molecule has 0 saturated carbocycles. The molecule has 1 unspecified atom stereocenters. The summed E-state index contributed by atoms with van der Waals surface area (Å²) in [6, 6.07) is -0.668. The molecule has 20 heavy (non-hydrogen) atoms. The van der Waals surface area contributed by atoms with E-state index >= 15 is 0 Å². The van der Waals surface area contributed by atoms with Gasteiger partial charge >= 0.3 is 0 Å². The van der Waals surface area contributed by atoms with Crippen molar-refractivity contribution in [3.8, 4) is 0 Å². The van der Waals surface area contributed by atoms with Gasteiger partial charge in [0.05, 0.1) is 13.9 Å². The number of anilines is 1. The van der Waals surface area contributed by atoms with Crippen LogP contribution in [0.25, 0.3) is 0 Å². The number of nitrogens with two attached hydrogens (primary N) is 1. The van der Waals surface area contributed by atoms with Crippen LogP contribution >= 0.6 is 0 Å². The van der Waals surface area contributed by atoms with Crippen molar-refractivity contribution in [3.63, 3.8) is 0 Å². The number of nitrogens with one attached hydrogen (secondary N) is 1. The molecule has 2 aliphatic rings. The van der Waals surface area contributed by atoms with Gasteiger partial charge in [0.25, 0.3) is 11.8 Å². The average Bonchev–Trinajstić information content (AvgIpc) is 2.69. The molecule has 1 saturated heterocycles. The second kappa shape index (κ2) is 4.16.